The number of carbonyl (C=O) groups is 2. The highest BCUT2D eigenvalue weighted by atomic mass is 16.7. The first kappa shape index (κ1) is 22.5. The summed E-state index contributed by atoms with van der Waals surface area (Å²) in [6.07, 6.45) is -8.52. The summed E-state index contributed by atoms with van der Waals surface area (Å²) in [5.41, 5.74) is 1.46. The molecule has 3 N–H and O–H groups in total. The van der Waals surface area contributed by atoms with Crippen LogP contribution in [0.5, 0.6) is 0 Å². The summed E-state index contributed by atoms with van der Waals surface area (Å²) in [5.74, 6) is -2.01. The zero-order valence-electron chi connectivity index (χ0n) is 16.8. The smallest absolute Gasteiger partial charge is 0.450 e. The Kier molecular flexibility index (Phi) is 7.11. The lowest BCUT2D eigenvalue weighted by molar-refractivity contribution is -0.351. The van der Waals surface area contributed by atoms with Gasteiger partial charge in [-0.25, -0.2) is 9.59 Å². The average molecular weight is 432 g/mol. The Hall–Kier alpha value is -3.14. The maximum absolute atomic E-state index is 11.4. The first-order chi connectivity index (χ1) is 14.8. The maximum Gasteiger partial charge on any atom is 0.506 e. The monoisotopic (exact) mass is 432 g/mol. The van der Waals surface area contributed by atoms with Crippen molar-refractivity contribution >= 4 is 12.3 Å². The van der Waals surface area contributed by atoms with E-state index in [2.05, 4.69) is 0 Å². The van der Waals surface area contributed by atoms with Gasteiger partial charge in [0.25, 0.3) is 0 Å². The Morgan fingerprint density at radius 2 is 1.42 bits per heavy atom. The van der Waals surface area contributed by atoms with Gasteiger partial charge in [-0.3, -0.25) is 0 Å². The van der Waals surface area contributed by atoms with Crippen molar-refractivity contribution in [2.24, 2.45) is 0 Å². The lowest BCUT2D eigenvalue weighted by Crippen LogP contribution is -2.67. The highest BCUT2D eigenvalue weighted by molar-refractivity contribution is 5.58. The van der Waals surface area contributed by atoms with Crippen molar-refractivity contribution in [2.75, 3.05) is 0 Å². The second-order valence-corrected chi connectivity index (χ2v) is 7.24. The van der Waals surface area contributed by atoms with Gasteiger partial charge in [-0.1, -0.05) is 60.7 Å². The van der Waals surface area contributed by atoms with Crippen LogP contribution in [0.25, 0.3) is 0 Å². The second-order valence-electron chi connectivity index (χ2n) is 7.24. The molecule has 1 heterocycles. The molecule has 5 atom stereocenters. The van der Waals surface area contributed by atoms with Gasteiger partial charge in [-0.2, -0.15) is 0 Å². The first-order valence-corrected chi connectivity index (χ1v) is 9.67. The van der Waals surface area contributed by atoms with E-state index in [0.29, 0.717) is 5.56 Å². The molecular formula is C22H24O9. The summed E-state index contributed by atoms with van der Waals surface area (Å²) in [4.78, 5) is 22.6. The third-order valence-corrected chi connectivity index (χ3v) is 4.97. The summed E-state index contributed by atoms with van der Waals surface area (Å²) in [6, 6.07) is 17.9. The van der Waals surface area contributed by atoms with E-state index in [0.717, 1.165) is 5.56 Å². The van der Waals surface area contributed by atoms with Gasteiger partial charge in [0.05, 0.1) is 12.7 Å². The summed E-state index contributed by atoms with van der Waals surface area (Å²) in [5, 5.41) is 29.8. The molecule has 0 unspecified atom stereocenters. The third kappa shape index (κ3) is 5.72. The summed E-state index contributed by atoms with van der Waals surface area (Å²) >= 11 is 0. The number of rotatable bonds is 7. The standard InChI is InChI=1S/C22H24O9/c1-14-17(29-20(23)24)18(30-21(25)26)19(28-13-16-10-6-3-7-11-16)22(27,31-14)12-15-8-4-2-5-9-15/h2-11,14,17-19,27H,12-13H2,1H3,(H,23,24)(H,25,26)/t14-,17+,18+,19-,22+/m1/s1. The van der Waals surface area contributed by atoms with E-state index >= 15 is 0 Å². The molecule has 166 valence electrons. The molecule has 0 radical (unpaired) electrons. The molecule has 0 saturated carbocycles. The topological polar surface area (TPSA) is 132 Å². The van der Waals surface area contributed by atoms with E-state index in [1.54, 1.807) is 48.5 Å². The first-order valence-electron chi connectivity index (χ1n) is 9.67. The predicted molar refractivity (Wildman–Crippen MR) is 106 cm³/mol. The van der Waals surface area contributed by atoms with Gasteiger partial charge < -0.3 is 34.3 Å². The van der Waals surface area contributed by atoms with Gasteiger partial charge in [-0.05, 0) is 18.1 Å². The van der Waals surface area contributed by atoms with Gasteiger partial charge in [0.15, 0.2) is 18.3 Å². The van der Waals surface area contributed by atoms with Gasteiger partial charge in [-0.15, -0.1) is 0 Å². The largest absolute Gasteiger partial charge is 0.506 e. The molecule has 0 amide bonds. The van der Waals surface area contributed by atoms with E-state index in [-0.39, 0.29) is 13.0 Å². The van der Waals surface area contributed by atoms with Crippen molar-refractivity contribution in [1.29, 1.82) is 0 Å². The second kappa shape index (κ2) is 9.78. The quantitative estimate of drug-likeness (QED) is 0.565. The fourth-order valence-electron chi connectivity index (χ4n) is 3.69. The molecule has 2 aromatic carbocycles. The Bertz CT molecular complexity index is 873. The number of hydrogen-bond donors (Lipinski definition) is 3. The van der Waals surface area contributed by atoms with Crippen LogP contribution in [0.4, 0.5) is 9.59 Å². The van der Waals surface area contributed by atoms with Crippen LogP contribution in [-0.4, -0.2) is 57.8 Å². The average Bonchev–Trinajstić information content (AvgIpc) is 2.71. The number of carboxylic acid groups (broad SMARTS) is 2. The highest BCUT2D eigenvalue weighted by Gasteiger charge is 2.57. The molecule has 9 nitrogen and oxygen atoms in total. The summed E-state index contributed by atoms with van der Waals surface area (Å²) in [7, 11) is 0. The molecule has 1 aliphatic heterocycles. The molecule has 2 aromatic rings. The van der Waals surface area contributed by atoms with Crippen molar-refractivity contribution in [2.45, 2.75) is 50.2 Å². The lowest BCUT2D eigenvalue weighted by Gasteiger charge is -2.48. The molecule has 0 aliphatic carbocycles. The van der Waals surface area contributed by atoms with E-state index < -0.39 is 42.5 Å². The fourth-order valence-corrected chi connectivity index (χ4v) is 3.69. The van der Waals surface area contributed by atoms with Crippen molar-refractivity contribution in [1.82, 2.24) is 0 Å². The normalized spacial score (nSPS) is 27.9. The molecule has 9 heteroatoms. The third-order valence-electron chi connectivity index (χ3n) is 4.97. The Morgan fingerprint density at radius 1 is 0.903 bits per heavy atom. The van der Waals surface area contributed by atoms with Crippen molar-refractivity contribution in [3.63, 3.8) is 0 Å². The molecule has 31 heavy (non-hydrogen) atoms. The van der Waals surface area contributed by atoms with Crippen LogP contribution in [-0.2, 0) is 32.0 Å². The molecule has 1 aliphatic rings. The number of ether oxygens (including phenoxy) is 4. The van der Waals surface area contributed by atoms with E-state index in [9.17, 15) is 19.8 Å². The molecule has 1 saturated heterocycles. The molecule has 3 rings (SSSR count). The minimum Gasteiger partial charge on any atom is -0.450 e. The van der Waals surface area contributed by atoms with Gasteiger partial charge in [0, 0.05) is 6.42 Å². The molecule has 1 fully saturated rings. The van der Waals surface area contributed by atoms with E-state index in [1.165, 1.54) is 6.92 Å². The minimum atomic E-state index is -2.01. The molecule has 0 bridgehead atoms. The van der Waals surface area contributed by atoms with Crippen molar-refractivity contribution in [3.8, 4) is 0 Å². The van der Waals surface area contributed by atoms with Crippen LogP contribution in [0.3, 0.4) is 0 Å². The highest BCUT2D eigenvalue weighted by Crippen LogP contribution is 2.36. The van der Waals surface area contributed by atoms with Crippen LogP contribution in [0.2, 0.25) is 0 Å². The zero-order valence-corrected chi connectivity index (χ0v) is 16.8. The predicted octanol–water partition coefficient (Wildman–Crippen LogP) is 3.05. The fraction of sp³-hybridized carbons (Fsp3) is 0.364. The lowest BCUT2D eigenvalue weighted by atomic mass is 9.88. The van der Waals surface area contributed by atoms with Crippen LogP contribution in [0, 0.1) is 0 Å². The summed E-state index contributed by atoms with van der Waals surface area (Å²) < 4.78 is 21.5. The molecular weight excluding hydrogens is 408 g/mol. The van der Waals surface area contributed by atoms with Crippen LogP contribution in [0.1, 0.15) is 18.1 Å². The van der Waals surface area contributed by atoms with Crippen LogP contribution < -0.4 is 0 Å². The SMILES string of the molecule is C[C@H]1O[C@@](O)(Cc2ccccc2)[C@H](OCc2ccccc2)[C@@H](OC(=O)O)[C@H]1OC(=O)O. The Balaban J connectivity index is 1.95. The van der Waals surface area contributed by atoms with Crippen LogP contribution >= 0.6 is 0 Å². The summed E-state index contributed by atoms with van der Waals surface area (Å²) in [6.45, 7) is 1.47. The van der Waals surface area contributed by atoms with E-state index in [1.807, 2.05) is 12.1 Å². The maximum atomic E-state index is 11.4. The van der Waals surface area contributed by atoms with Gasteiger partial charge in [0.1, 0.15) is 0 Å². The minimum absolute atomic E-state index is 0.000379. The van der Waals surface area contributed by atoms with E-state index in [4.69, 9.17) is 24.1 Å². The van der Waals surface area contributed by atoms with Gasteiger partial charge >= 0.3 is 12.3 Å². The zero-order chi connectivity index (χ0) is 22.4. The number of benzene rings is 2. The van der Waals surface area contributed by atoms with Crippen LogP contribution in [0.15, 0.2) is 60.7 Å². The molecule has 0 spiro atoms. The van der Waals surface area contributed by atoms with Crippen molar-refractivity contribution < 1.29 is 43.9 Å². The number of aliphatic hydroxyl groups is 1. The molecule has 0 aromatic heterocycles. The van der Waals surface area contributed by atoms with Gasteiger partial charge in [0.2, 0.25) is 5.79 Å². The Morgan fingerprint density at radius 3 is 1.97 bits per heavy atom. The Labute approximate surface area is 178 Å². The number of hydrogen-bond acceptors (Lipinski definition) is 7. The van der Waals surface area contributed by atoms with Crippen molar-refractivity contribution in [3.05, 3.63) is 71.8 Å².